The molecule has 0 spiro atoms. The van der Waals surface area contributed by atoms with E-state index in [0.717, 1.165) is 18.4 Å². The van der Waals surface area contributed by atoms with Crippen LogP contribution in [0, 0.1) is 0 Å². The van der Waals surface area contributed by atoms with Crippen LogP contribution in [-0.4, -0.2) is 23.7 Å². The first kappa shape index (κ1) is 16.3. The summed E-state index contributed by atoms with van der Waals surface area (Å²) in [4.78, 5) is 11.5. The average molecular weight is 304 g/mol. The third-order valence-electron chi connectivity index (χ3n) is 2.74. The van der Waals surface area contributed by atoms with Crippen molar-refractivity contribution < 1.29 is 9.90 Å². The fourth-order valence-corrected chi connectivity index (χ4v) is 1.98. The van der Waals surface area contributed by atoms with Crippen LogP contribution in [0.5, 0.6) is 0 Å². The Bertz CT molecular complexity index is 422. The third kappa shape index (κ3) is 6.81. The maximum atomic E-state index is 11.5. The highest BCUT2D eigenvalue weighted by molar-refractivity contribution is 6.42. The molecule has 3 nitrogen and oxygen atoms in total. The Kier molecular flexibility index (Phi) is 7.21. The monoisotopic (exact) mass is 303 g/mol. The zero-order chi connectivity index (χ0) is 14.3. The lowest BCUT2D eigenvalue weighted by molar-refractivity contribution is -0.121. The van der Waals surface area contributed by atoms with E-state index >= 15 is 0 Å². The SMILES string of the molecule is CC(O)CCNC(=O)CCCc1ccc(Cl)c(Cl)c1. The van der Waals surface area contributed by atoms with Gasteiger partial charge < -0.3 is 10.4 Å². The number of aliphatic hydroxyl groups excluding tert-OH is 1. The maximum absolute atomic E-state index is 11.5. The predicted octanol–water partition coefficient (Wildman–Crippen LogP) is 3.20. The number of aliphatic hydroxyl groups is 1. The summed E-state index contributed by atoms with van der Waals surface area (Å²) in [5.41, 5.74) is 1.08. The molecule has 1 aromatic rings. The summed E-state index contributed by atoms with van der Waals surface area (Å²) in [7, 11) is 0. The van der Waals surface area contributed by atoms with E-state index in [-0.39, 0.29) is 12.0 Å². The van der Waals surface area contributed by atoms with Crippen molar-refractivity contribution in [2.45, 2.75) is 38.7 Å². The fraction of sp³-hybridized carbons (Fsp3) is 0.500. The van der Waals surface area contributed by atoms with Gasteiger partial charge >= 0.3 is 0 Å². The van der Waals surface area contributed by atoms with Crippen molar-refractivity contribution in [1.82, 2.24) is 5.32 Å². The van der Waals surface area contributed by atoms with Crippen LogP contribution in [0.1, 0.15) is 31.7 Å². The summed E-state index contributed by atoms with van der Waals surface area (Å²) >= 11 is 11.7. The largest absolute Gasteiger partial charge is 0.393 e. The summed E-state index contributed by atoms with van der Waals surface area (Å²) in [5.74, 6) is 0.0145. The second-order valence-corrected chi connectivity index (χ2v) is 5.40. The molecule has 0 heterocycles. The van der Waals surface area contributed by atoms with Gasteiger partial charge in [-0.05, 0) is 43.9 Å². The Morgan fingerprint density at radius 3 is 2.74 bits per heavy atom. The molecule has 1 rings (SSSR count). The van der Waals surface area contributed by atoms with Crippen molar-refractivity contribution in [3.8, 4) is 0 Å². The molecule has 0 saturated heterocycles. The number of benzene rings is 1. The molecule has 19 heavy (non-hydrogen) atoms. The highest BCUT2D eigenvalue weighted by Crippen LogP contribution is 2.23. The number of carbonyl (C=O) groups is 1. The summed E-state index contributed by atoms with van der Waals surface area (Å²) in [5, 5.41) is 12.9. The Morgan fingerprint density at radius 1 is 1.37 bits per heavy atom. The van der Waals surface area contributed by atoms with E-state index in [1.165, 1.54) is 0 Å². The van der Waals surface area contributed by atoms with E-state index in [1.54, 1.807) is 13.0 Å². The van der Waals surface area contributed by atoms with Gasteiger partial charge in [0, 0.05) is 13.0 Å². The molecule has 106 valence electrons. The minimum atomic E-state index is -0.378. The standard InChI is InChI=1S/C14H19Cl2NO2/c1-10(18)7-8-17-14(19)4-2-3-11-5-6-12(15)13(16)9-11/h5-6,9-10,18H,2-4,7-8H2,1H3,(H,17,19). The van der Waals surface area contributed by atoms with Gasteiger partial charge in [-0.15, -0.1) is 0 Å². The van der Waals surface area contributed by atoms with Gasteiger partial charge in [0.2, 0.25) is 5.91 Å². The van der Waals surface area contributed by atoms with Crippen molar-refractivity contribution in [2.75, 3.05) is 6.54 Å². The fourth-order valence-electron chi connectivity index (χ4n) is 1.66. The Morgan fingerprint density at radius 2 is 2.11 bits per heavy atom. The summed E-state index contributed by atoms with van der Waals surface area (Å²) in [6.45, 7) is 2.22. The predicted molar refractivity (Wildman–Crippen MR) is 78.7 cm³/mol. The smallest absolute Gasteiger partial charge is 0.220 e. The molecule has 2 N–H and O–H groups in total. The van der Waals surface area contributed by atoms with Crippen molar-refractivity contribution >= 4 is 29.1 Å². The molecular formula is C14H19Cl2NO2. The number of rotatable bonds is 7. The minimum Gasteiger partial charge on any atom is -0.393 e. The van der Waals surface area contributed by atoms with Gasteiger partial charge in [0.25, 0.3) is 0 Å². The highest BCUT2D eigenvalue weighted by atomic mass is 35.5. The number of nitrogens with one attached hydrogen (secondary N) is 1. The molecule has 0 fully saturated rings. The molecule has 1 aromatic carbocycles. The van der Waals surface area contributed by atoms with Crippen LogP contribution < -0.4 is 5.32 Å². The van der Waals surface area contributed by atoms with Gasteiger partial charge in [-0.1, -0.05) is 29.3 Å². The summed E-state index contributed by atoms with van der Waals surface area (Å²) in [6, 6.07) is 5.51. The Hall–Kier alpha value is -0.770. The first-order valence-corrected chi connectivity index (χ1v) is 7.13. The second-order valence-electron chi connectivity index (χ2n) is 4.59. The third-order valence-corrected chi connectivity index (χ3v) is 3.48. The van der Waals surface area contributed by atoms with E-state index in [0.29, 0.717) is 29.4 Å². The minimum absolute atomic E-state index is 0.0145. The molecule has 0 aliphatic rings. The highest BCUT2D eigenvalue weighted by Gasteiger charge is 2.04. The topological polar surface area (TPSA) is 49.3 Å². The number of carbonyl (C=O) groups excluding carboxylic acids is 1. The van der Waals surface area contributed by atoms with Crippen molar-refractivity contribution in [3.05, 3.63) is 33.8 Å². The van der Waals surface area contributed by atoms with E-state index in [2.05, 4.69) is 5.32 Å². The van der Waals surface area contributed by atoms with Crippen LogP contribution in [0.15, 0.2) is 18.2 Å². The van der Waals surface area contributed by atoms with Gasteiger partial charge in [0.15, 0.2) is 0 Å². The molecule has 0 aliphatic heterocycles. The quantitative estimate of drug-likeness (QED) is 0.812. The summed E-state index contributed by atoms with van der Waals surface area (Å²) < 4.78 is 0. The van der Waals surface area contributed by atoms with Crippen LogP contribution in [0.25, 0.3) is 0 Å². The lowest BCUT2D eigenvalue weighted by atomic mass is 10.1. The number of halogens is 2. The zero-order valence-electron chi connectivity index (χ0n) is 11.0. The van der Waals surface area contributed by atoms with Crippen LogP contribution >= 0.6 is 23.2 Å². The number of hydrogen-bond acceptors (Lipinski definition) is 2. The maximum Gasteiger partial charge on any atom is 0.220 e. The first-order chi connectivity index (χ1) is 8.99. The molecular weight excluding hydrogens is 285 g/mol. The number of hydrogen-bond donors (Lipinski definition) is 2. The van der Waals surface area contributed by atoms with Gasteiger partial charge in [0.1, 0.15) is 0 Å². The molecule has 1 atom stereocenters. The van der Waals surface area contributed by atoms with Gasteiger partial charge in [-0.3, -0.25) is 4.79 Å². The van der Waals surface area contributed by atoms with E-state index in [1.807, 2.05) is 12.1 Å². The Labute approximate surface area is 123 Å². The number of amides is 1. The molecule has 1 amide bonds. The normalized spacial score (nSPS) is 12.2. The van der Waals surface area contributed by atoms with Crippen LogP contribution in [0.3, 0.4) is 0 Å². The van der Waals surface area contributed by atoms with Gasteiger partial charge in [-0.2, -0.15) is 0 Å². The number of aryl methyl sites for hydroxylation is 1. The zero-order valence-corrected chi connectivity index (χ0v) is 12.5. The van der Waals surface area contributed by atoms with Crippen LogP contribution in [0.2, 0.25) is 10.0 Å². The van der Waals surface area contributed by atoms with Crippen molar-refractivity contribution in [3.63, 3.8) is 0 Å². The van der Waals surface area contributed by atoms with Crippen LogP contribution in [0.4, 0.5) is 0 Å². The van der Waals surface area contributed by atoms with E-state index < -0.39 is 0 Å². The van der Waals surface area contributed by atoms with Crippen molar-refractivity contribution in [2.24, 2.45) is 0 Å². The molecule has 5 heteroatoms. The van der Waals surface area contributed by atoms with E-state index in [9.17, 15) is 4.79 Å². The molecule has 0 saturated carbocycles. The lowest BCUT2D eigenvalue weighted by Gasteiger charge is -2.07. The molecule has 1 unspecified atom stereocenters. The second kappa shape index (κ2) is 8.41. The average Bonchev–Trinajstić information content (AvgIpc) is 2.33. The molecule has 0 radical (unpaired) electrons. The lowest BCUT2D eigenvalue weighted by Crippen LogP contribution is -2.26. The van der Waals surface area contributed by atoms with Crippen LogP contribution in [-0.2, 0) is 11.2 Å². The molecule has 0 aromatic heterocycles. The first-order valence-electron chi connectivity index (χ1n) is 6.37. The van der Waals surface area contributed by atoms with Gasteiger partial charge in [0.05, 0.1) is 16.1 Å². The van der Waals surface area contributed by atoms with Crippen molar-refractivity contribution in [1.29, 1.82) is 0 Å². The Balaban J connectivity index is 2.22. The van der Waals surface area contributed by atoms with E-state index in [4.69, 9.17) is 28.3 Å². The molecule has 0 bridgehead atoms. The molecule has 0 aliphatic carbocycles. The summed E-state index contributed by atoms with van der Waals surface area (Å²) in [6.07, 6.45) is 2.23. The van der Waals surface area contributed by atoms with Gasteiger partial charge in [-0.25, -0.2) is 0 Å².